The Hall–Kier alpha value is -3.17. The molecule has 182 valence electrons. The Morgan fingerprint density at radius 3 is 2.41 bits per heavy atom. The van der Waals surface area contributed by atoms with Gasteiger partial charge in [-0.1, -0.05) is 13.8 Å². The van der Waals surface area contributed by atoms with E-state index < -0.39 is 5.41 Å². The van der Waals surface area contributed by atoms with Gasteiger partial charge < -0.3 is 28.7 Å². The van der Waals surface area contributed by atoms with E-state index >= 15 is 0 Å². The number of ether oxygens (including phenoxy) is 4. The number of aldehydes is 1. The lowest BCUT2D eigenvalue weighted by atomic mass is 9.84. The minimum Gasteiger partial charge on any atom is -0.493 e. The maximum absolute atomic E-state index is 11.8. The van der Waals surface area contributed by atoms with Crippen molar-refractivity contribution in [1.29, 1.82) is 0 Å². The normalized spacial score (nSPS) is 15.8. The van der Waals surface area contributed by atoms with Crippen molar-refractivity contribution in [3.05, 3.63) is 30.1 Å². The van der Waals surface area contributed by atoms with E-state index in [2.05, 4.69) is 14.9 Å². The summed E-state index contributed by atoms with van der Waals surface area (Å²) in [6.45, 7) is 6.87. The van der Waals surface area contributed by atoms with Gasteiger partial charge in [0.05, 0.1) is 46.4 Å². The van der Waals surface area contributed by atoms with Gasteiger partial charge in [-0.05, 0) is 18.6 Å². The SMILES string of the molecule is COc1cc(-c2cnc3[nH]cc(C(CC(C)(C)C=O)N4CCOCC4)c3n2)cc(OC)c1OC. The van der Waals surface area contributed by atoms with E-state index in [1.807, 2.05) is 32.2 Å². The summed E-state index contributed by atoms with van der Waals surface area (Å²) in [6.07, 6.45) is 5.38. The first-order valence-corrected chi connectivity index (χ1v) is 11.3. The fourth-order valence-corrected chi connectivity index (χ4v) is 4.40. The van der Waals surface area contributed by atoms with Gasteiger partial charge in [0, 0.05) is 41.9 Å². The van der Waals surface area contributed by atoms with Crippen LogP contribution < -0.4 is 14.2 Å². The summed E-state index contributed by atoms with van der Waals surface area (Å²) >= 11 is 0. The molecule has 0 aliphatic carbocycles. The first-order chi connectivity index (χ1) is 16.4. The lowest BCUT2D eigenvalue weighted by Crippen LogP contribution is -2.40. The van der Waals surface area contributed by atoms with E-state index in [9.17, 15) is 4.79 Å². The number of hydrogen-bond acceptors (Lipinski definition) is 8. The molecule has 2 aromatic heterocycles. The van der Waals surface area contributed by atoms with E-state index in [0.717, 1.165) is 36.0 Å². The number of nitrogens with one attached hydrogen (secondary N) is 1. The molecule has 0 radical (unpaired) electrons. The van der Waals surface area contributed by atoms with Crippen LogP contribution in [0.25, 0.3) is 22.4 Å². The third-order valence-electron chi connectivity index (χ3n) is 6.25. The van der Waals surface area contributed by atoms with E-state index in [4.69, 9.17) is 23.9 Å². The Kier molecular flexibility index (Phi) is 7.04. The molecule has 9 nitrogen and oxygen atoms in total. The summed E-state index contributed by atoms with van der Waals surface area (Å²) in [5.74, 6) is 1.62. The standard InChI is InChI=1S/C25H32N4O5/c1-25(2,15-30)12-19(29-6-8-34-9-7-29)17-13-26-24-22(17)28-18(14-27-24)16-10-20(31-3)23(33-5)21(11-16)32-4/h10-11,13-15,19H,6-9,12H2,1-5H3,(H,26,27). The molecular formula is C25H32N4O5. The van der Waals surface area contributed by atoms with Crippen LogP contribution in [-0.4, -0.2) is 73.8 Å². The molecule has 4 rings (SSSR count). The molecule has 0 amide bonds. The molecular weight excluding hydrogens is 436 g/mol. The number of hydrogen-bond donors (Lipinski definition) is 1. The zero-order valence-electron chi connectivity index (χ0n) is 20.4. The molecule has 1 aromatic carbocycles. The van der Waals surface area contributed by atoms with E-state index in [-0.39, 0.29) is 6.04 Å². The van der Waals surface area contributed by atoms with Crippen LogP contribution in [0.4, 0.5) is 0 Å². The number of carbonyl (C=O) groups excluding carboxylic acids is 1. The Labute approximate surface area is 199 Å². The third-order valence-corrected chi connectivity index (χ3v) is 6.25. The molecule has 1 fully saturated rings. The Morgan fingerprint density at radius 2 is 1.82 bits per heavy atom. The van der Waals surface area contributed by atoms with Crippen LogP contribution in [0.15, 0.2) is 24.5 Å². The van der Waals surface area contributed by atoms with Crippen LogP contribution in [-0.2, 0) is 9.53 Å². The number of methoxy groups -OCH3 is 3. The highest BCUT2D eigenvalue weighted by molar-refractivity contribution is 5.79. The van der Waals surface area contributed by atoms with Crippen molar-refractivity contribution < 1.29 is 23.7 Å². The Morgan fingerprint density at radius 1 is 1.15 bits per heavy atom. The number of morpholine rings is 1. The minimum atomic E-state index is -0.478. The fraction of sp³-hybridized carbons (Fsp3) is 0.480. The van der Waals surface area contributed by atoms with Gasteiger partial charge in [0.25, 0.3) is 0 Å². The van der Waals surface area contributed by atoms with Crippen molar-refractivity contribution in [3.63, 3.8) is 0 Å². The molecule has 3 heterocycles. The smallest absolute Gasteiger partial charge is 0.203 e. The van der Waals surface area contributed by atoms with Crippen LogP contribution in [0.5, 0.6) is 17.2 Å². The maximum Gasteiger partial charge on any atom is 0.203 e. The van der Waals surface area contributed by atoms with Gasteiger partial charge in [-0.2, -0.15) is 0 Å². The highest BCUT2D eigenvalue weighted by Crippen LogP contribution is 2.41. The van der Waals surface area contributed by atoms with Crippen LogP contribution in [0.2, 0.25) is 0 Å². The third kappa shape index (κ3) is 4.71. The van der Waals surface area contributed by atoms with Gasteiger partial charge in [0.2, 0.25) is 5.75 Å². The molecule has 1 aliphatic rings. The lowest BCUT2D eigenvalue weighted by molar-refractivity contribution is -0.116. The zero-order valence-corrected chi connectivity index (χ0v) is 20.4. The number of aromatic nitrogens is 3. The van der Waals surface area contributed by atoms with Crippen LogP contribution in [0.3, 0.4) is 0 Å². The number of benzene rings is 1. The second-order valence-corrected chi connectivity index (χ2v) is 9.09. The van der Waals surface area contributed by atoms with E-state index in [1.165, 1.54) is 0 Å². The van der Waals surface area contributed by atoms with Gasteiger partial charge in [0.15, 0.2) is 17.1 Å². The molecule has 1 N–H and O–H groups in total. The van der Waals surface area contributed by atoms with Crippen molar-refractivity contribution >= 4 is 17.5 Å². The highest BCUT2D eigenvalue weighted by Gasteiger charge is 2.32. The molecule has 1 aliphatic heterocycles. The van der Waals surface area contributed by atoms with Gasteiger partial charge in [-0.15, -0.1) is 0 Å². The van der Waals surface area contributed by atoms with Gasteiger partial charge in [-0.3, -0.25) is 4.90 Å². The number of carbonyl (C=O) groups is 1. The molecule has 0 bridgehead atoms. The second-order valence-electron chi connectivity index (χ2n) is 9.09. The van der Waals surface area contributed by atoms with Gasteiger partial charge in [-0.25, -0.2) is 9.97 Å². The zero-order chi connectivity index (χ0) is 24.3. The van der Waals surface area contributed by atoms with Gasteiger partial charge in [0.1, 0.15) is 11.8 Å². The lowest BCUT2D eigenvalue weighted by Gasteiger charge is -2.37. The quantitative estimate of drug-likeness (QED) is 0.475. The fourth-order valence-electron chi connectivity index (χ4n) is 4.40. The van der Waals surface area contributed by atoms with Crippen LogP contribution in [0, 0.1) is 5.41 Å². The molecule has 3 aromatic rings. The van der Waals surface area contributed by atoms with Crippen molar-refractivity contribution in [1.82, 2.24) is 19.9 Å². The van der Waals surface area contributed by atoms with Gasteiger partial charge >= 0.3 is 0 Å². The van der Waals surface area contributed by atoms with Crippen molar-refractivity contribution in [2.45, 2.75) is 26.3 Å². The summed E-state index contributed by atoms with van der Waals surface area (Å²) in [7, 11) is 4.74. The number of rotatable bonds is 9. The average Bonchev–Trinajstić information content (AvgIpc) is 3.30. The predicted octanol–water partition coefficient (Wildman–Crippen LogP) is 3.64. The monoisotopic (exact) mass is 468 g/mol. The molecule has 1 unspecified atom stereocenters. The molecule has 1 atom stereocenters. The van der Waals surface area contributed by atoms with Crippen molar-refractivity contribution in [2.75, 3.05) is 47.6 Å². The van der Waals surface area contributed by atoms with Crippen LogP contribution in [0.1, 0.15) is 31.9 Å². The predicted molar refractivity (Wildman–Crippen MR) is 129 cm³/mol. The largest absolute Gasteiger partial charge is 0.493 e. The average molecular weight is 469 g/mol. The van der Waals surface area contributed by atoms with Crippen LogP contribution >= 0.6 is 0 Å². The number of fused-ring (bicyclic) bond motifs is 1. The summed E-state index contributed by atoms with van der Waals surface area (Å²) in [5, 5.41) is 0. The van der Waals surface area contributed by atoms with E-state index in [0.29, 0.717) is 48.2 Å². The molecule has 1 saturated heterocycles. The molecule has 0 saturated carbocycles. The topological polar surface area (TPSA) is 98.8 Å². The molecule has 9 heteroatoms. The first kappa shape index (κ1) is 24.0. The number of H-pyrrole nitrogens is 1. The molecule has 0 spiro atoms. The number of aromatic amines is 1. The summed E-state index contributed by atoms with van der Waals surface area (Å²) in [6, 6.07) is 3.72. The summed E-state index contributed by atoms with van der Waals surface area (Å²) in [4.78, 5) is 27.0. The highest BCUT2D eigenvalue weighted by atomic mass is 16.5. The van der Waals surface area contributed by atoms with Crippen molar-refractivity contribution in [2.24, 2.45) is 5.41 Å². The first-order valence-electron chi connectivity index (χ1n) is 11.3. The summed E-state index contributed by atoms with van der Waals surface area (Å²) in [5.41, 5.74) is 3.51. The van der Waals surface area contributed by atoms with E-state index in [1.54, 1.807) is 27.5 Å². The second kappa shape index (κ2) is 9.99. The van der Waals surface area contributed by atoms with Crippen molar-refractivity contribution in [3.8, 4) is 28.5 Å². The number of nitrogens with zero attached hydrogens (tertiary/aromatic N) is 3. The Balaban J connectivity index is 1.81. The maximum atomic E-state index is 11.8. The minimum absolute atomic E-state index is 0.00217. The summed E-state index contributed by atoms with van der Waals surface area (Å²) < 4.78 is 22.0. The molecule has 34 heavy (non-hydrogen) atoms. The Bertz CT molecular complexity index is 1130.